The molecule has 2 heteroatoms. The Labute approximate surface area is 212 Å². The van der Waals surface area contributed by atoms with Gasteiger partial charge in [-0.1, -0.05) is 19.9 Å². The van der Waals surface area contributed by atoms with Gasteiger partial charge in [-0.25, -0.2) is 0 Å². The number of hydrogen-bond donors (Lipinski definition) is 0. The molecule has 10 rings (SSSR count). The molecule has 35 heavy (non-hydrogen) atoms. The van der Waals surface area contributed by atoms with Crippen molar-refractivity contribution in [1.29, 1.82) is 0 Å². The second-order valence-electron chi connectivity index (χ2n) is 15.5. The van der Waals surface area contributed by atoms with Crippen molar-refractivity contribution in [3.63, 3.8) is 0 Å². The van der Waals surface area contributed by atoms with Crippen LogP contribution in [-0.2, 0) is 15.6 Å². The van der Waals surface area contributed by atoms with E-state index < -0.39 is 0 Å². The van der Waals surface area contributed by atoms with Crippen LogP contribution in [-0.4, -0.2) is 18.8 Å². The molecule has 0 spiro atoms. The maximum atomic E-state index is 6.79. The van der Waals surface area contributed by atoms with Crippen LogP contribution in [0.2, 0.25) is 0 Å². The third-order valence-corrected chi connectivity index (χ3v) is 12.1. The van der Waals surface area contributed by atoms with Crippen LogP contribution in [0, 0.1) is 35.5 Å². The number of hydrogen-bond acceptors (Lipinski definition) is 2. The lowest BCUT2D eigenvalue weighted by molar-refractivity contribution is -0.0103. The fraction of sp³-hybridized carbons (Fsp3) is 0.818. The van der Waals surface area contributed by atoms with Crippen molar-refractivity contribution in [2.24, 2.45) is 35.5 Å². The Balaban J connectivity index is 1.29. The van der Waals surface area contributed by atoms with Crippen LogP contribution in [0.5, 0.6) is 5.75 Å². The van der Waals surface area contributed by atoms with E-state index in [-0.39, 0.29) is 5.60 Å². The van der Waals surface area contributed by atoms with Gasteiger partial charge in [0, 0.05) is 11.0 Å². The second kappa shape index (κ2) is 7.30. The number of rotatable bonds is 6. The zero-order valence-corrected chi connectivity index (χ0v) is 22.4. The van der Waals surface area contributed by atoms with E-state index in [0.29, 0.717) is 23.4 Å². The Bertz CT molecular complexity index is 959. The van der Waals surface area contributed by atoms with E-state index in [1.807, 2.05) is 0 Å². The molecule has 1 aromatic rings. The summed E-state index contributed by atoms with van der Waals surface area (Å²) in [7, 11) is 0. The van der Waals surface area contributed by atoms with Crippen molar-refractivity contribution in [3.8, 4) is 5.75 Å². The smallest absolute Gasteiger partial charge is 0.123 e. The van der Waals surface area contributed by atoms with Crippen molar-refractivity contribution in [2.75, 3.05) is 13.2 Å². The highest BCUT2D eigenvalue weighted by Gasteiger charge is 2.56. The summed E-state index contributed by atoms with van der Waals surface area (Å²) in [6, 6.07) is 5.04. The van der Waals surface area contributed by atoms with Gasteiger partial charge in [-0.2, -0.15) is 0 Å². The molecule has 8 saturated carbocycles. The van der Waals surface area contributed by atoms with Crippen LogP contribution in [0.25, 0.3) is 0 Å². The van der Waals surface area contributed by atoms with Crippen LogP contribution in [0.15, 0.2) is 12.1 Å². The van der Waals surface area contributed by atoms with Crippen LogP contribution in [0.4, 0.5) is 0 Å². The van der Waals surface area contributed by atoms with E-state index in [9.17, 15) is 0 Å². The van der Waals surface area contributed by atoms with Crippen LogP contribution in [0.3, 0.4) is 0 Å². The number of benzene rings is 1. The van der Waals surface area contributed by atoms with Gasteiger partial charge in [0.1, 0.15) is 18.0 Å². The monoisotopic (exact) mass is 474 g/mol. The summed E-state index contributed by atoms with van der Waals surface area (Å²) in [6.07, 6.45) is 17.8. The maximum absolute atomic E-state index is 6.79. The van der Waals surface area contributed by atoms with Gasteiger partial charge < -0.3 is 9.47 Å². The first-order valence-electron chi connectivity index (χ1n) is 15.3. The van der Waals surface area contributed by atoms with E-state index >= 15 is 0 Å². The Hall–Kier alpha value is -1.02. The first kappa shape index (κ1) is 22.0. The summed E-state index contributed by atoms with van der Waals surface area (Å²) in [5.74, 6) is 7.66. The third-order valence-electron chi connectivity index (χ3n) is 12.1. The zero-order chi connectivity index (χ0) is 23.6. The van der Waals surface area contributed by atoms with E-state index in [0.717, 1.165) is 42.1 Å². The maximum Gasteiger partial charge on any atom is 0.123 e. The van der Waals surface area contributed by atoms with Gasteiger partial charge in [-0.05, 0) is 148 Å². The summed E-state index contributed by atoms with van der Waals surface area (Å²) in [4.78, 5) is 0. The topological polar surface area (TPSA) is 21.8 Å². The van der Waals surface area contributed by atoms with Gasteiger partial charge in [0.25, 0.3) is 0 Å². The average Bonchev–Trinajstić information content (AvgIpc) is 3.52. The van der Waals surface area contributed by atoms with E-state index in [4.69, 9.17) is 9.47 Å². The minimum atomic E-state index is -0.0602. The lowest BCUT2D eigenvalue weighted by atomic mass is 9.45. The van der Waals surface area contributed by atoms with Crippen molar-refractivity contribution >= 4 is 0 Å². The molecule has 190 valence electrons. The molecule has 8 aliphatic carbocycles. The second-order valence-corrected chi connectivity index (χ2v) is 15.5. The number of epoxide rings is 1. The predicted molar refractivity (Wildman–Crippen MR) is 140 cm³/mol. The molecule has 0 aromatic heterocycles. The molecular formula is C33H46O2. The quantitative estimate of drug-likeness (QED) is 0.391. The summed E-state index contributed by atoms with van der Waals surface area (Å²) in [5, 5.41) is 0. The molecule has 1 aromatic carbocycles. The van der Waals surface area contributed by atoms with Gasteiger partial charge in [0.2, 0.25) is 0 Å². The molecule has 1 saturated heterocycles. The fourth-order valence-corrected chi connectivity index (χ4v) is 11.6. The van der Waals surface area contributed by atoms with E-state index in [2.05, 4.69) is 32.9 Å². The molecule has 0 radical (unpaired) electrons. The van der Waals surface area contributed by atoms with Gasteiger partial charge in [0.15, 0.2) is 0 Å². The van der Waals surface area contributed by atoms with Gasteiger partial charge in [-0.15, -0.1) is 0 Å². The minimum absolute atomic E-state index is 0.0602. The molecule has 1 heterocycles. The molecule has 1 unspecified atom stereocenters. The largest absolute Gasteiger partial charge is 0.490 e. The first-order chi connectivity index (χ1) is 16.8. The molecular weight excluding hydrogens is 428 g/mol. The van der Waals surface area contributed by atoms with Crippen LogP contribution < -0.4 is 4.74 Å². The predicted octanol–water partition coefficient (Wildman–Crippen LogP) is 7.91. The highest BCUT2D eigenvalue weighted by atomic mass is 16.6. The normalized spacial score (nSPS) is 48.7. The Kier molecular flexibility index (Phi) is 4.59. The van der Waals surface area contributed by atoms with Crippen LogP contribution in [0.1, 0.15) is 120 Å². The molecule has 8 bridgehead atoms. The van der Waals surface area contributed by atoms with Gasteiger partial charge >= 0.3 is 0 Å². The Morgan fingerprint density at radius 2 is 1.23 bits per heavy atom. The minimum Gasteiger partial charge on any atom is -0.490 e. The summed E-state index contributed by atoms with van der Waals surface area (Å²) in [6.45, 7) is 8.77. The average molecular weight is 475 g/mol. The lowest BCUT2D eigenvalue weighted by Crippen LogP contribution is -2.51. The zero-order valence-electron chi connectivity index (χ0n) is 22.4. The molecule has 0 N–H and O–H groups in total. The summed E-state index contributed by atoms with van der Waals surface area (Å²) < 4.78 is 12.5. The SMILES string of the molecule is CC(C)c1c(C23CC4CC(CC(C4)C2)C3)ccc(OCC2(C)CO2)c1C12CC3CC(CC(C3)C1)C2. The highest BCUT2D eigenvalue weighted by Crippen LogP contribution is 2.66. The van der Waals surface area contributed by atoms with Crippen molar-refractivity contribution in [1.82, 2.24) is 0 Å². The van der Waals surface area contributed by atoms with Gasteiger partial charge in [-0.3, -0.25) is 0 Å². The van der Waals surface area contributed by atoms with E-state index in [1.54, 1.807) is 16.7 Å². The molecule has 1 aliphatic heterocycles. The summed E-state index contributed by atoms with van der Waals surface area (Å²) in [5.41, 5.74) is 5.98. The Morgan fingerprint density at radius 3 is 1.66 bits per heavy atom. The van der Waals surface area contributed by atoms with E-state index in [1.165, 1.54) is 82.8 Å². The highest BCUT2D eigenvalue weighted by molar-refractivity contribution is 5.55. The Morgan fingerprint density at radius 1 is 0.771 bits per heavy atom. The van der Waals surface area contributed by atoms with Gasteiger partial charge in [0.05, 0.1) is 6.61 Å². The summed E-state index contributed by atoms with van der Waals surface area (Å²) >= 11 is 0. The molecule has 2 nitrogen and oxygen atoms in total. The third kappa shape index (κ3) is 3.37. The first-order valence-corrected chi connectivity index (χ1v) is 15.3. The van der Waals surface area contributed by atoms with Crippen molar-refractivity contribution < 1.29 is 9.47 Å². The van der Waals surface area contributed by atoms with Crippen molar-refractivity contribution in [2.45, 2.75) is 120 Å². The number of ether oxygens (including phenoxy) is 2. The van der Waals surface area contributed by atoms with Crippen molar-refractivity contribution in [3.05, 3.63) is 28.8 Å². The lowest BCUT2D eigenvalue weighted by Gasteiger charge is -2.59. The molecule has 9 aliphatic rings. The fourth-order valence-electron chi connectivity index (χ4n) is 11.6. The molecule has 0 amide bonds. The molecule has 1 atom stereocenters. The van der Waals surface area contributed by atoms with Crippen LogP contribution >= 0.6 is 0 Å². The molecule has 9 fully saturated rings. The standard InChI is InChI=1S/C33H46O2/c1-20(2)29-27(32-12-21-6-22(13-32)8-23(7-21)14-32)4-5-28(34-18-31(3)19-35-31)30(29)33-15-24-9-25(16-33)11-26(10-24)17-33/h4-5,20-26H,6-19H2,1-3H3.